The molecule has 2 aromatic rings. The van der Waals surface area contributed by atoms with Gasteiger partial charge in [0.15, 0.2) is 0 Å². The Morgan fingerprint density at radius 2 is 2.12 bits per heavy atom. The van der Waals surface area contributed by atoms with Crippen LogP contribution < -0.4 is 10.0 Å². The van der Waals surface area contributed by atoms with Crippen LogP contribution in [0.15, 0.2) is 41.4 Å². The second-order valence-electron chi connectivity index (χ2n) is 5.55. The average molecular weight is 386 g/mol. The number of hydrogen-bond donors (Lipinski definition) is 3. The van der Waals surface area contributed by atoms with E-state index in [1.54, 1.807) is 0 Å². The Balaban J connectivity index is 0.00000225. The molecular weight excluding hydrogens is 366 g/mol. The number of carbonyl (C=O) groups excluding carboxylic acids is 1. The predicted octanol–water partition coefficient (Wildman–Crippen LogP) is 1.39. The zero-order chi connectivity index (χ0) is 17.2. The molecule has 0 amide bonds. The molecule has 0 bridgehead atoms. The summed E-state index contributed by atoms with van der Waals surface area (Å²) in [6.07, 6.45) is 2.20. The molecule has 3 rings (SSSR count). The lowest BCUT2D eigenvalue weighted by Crippen LogP contribution is -2.38. The molecule has 2 heterocycles. The van der Waals surface area contributed by atoms with E-state index in [0.29, 0.717) is 0 Å². The van der Waals surface area contributed by atoms with E-state index in [9.17, 15) is 13.2 Å². The van der Waals surface area contributed by atoms with E-state index in [-0.39, 0.29) is 35.6 Å². The molecule has 136 valence electrons. The maximum atomic E-state index is 12.4. The summed E-state index contributed by atoms with van der Waals surface area (Å²) in [5.74, 6) is -0.612. The van der Waals surface area contributed by atoms with Gasteiger partial charge in [0, 0.05) is 18.8 Å². The number of ether oxygens (including phenoxy) is 1. The third kappa shape index (κ3) is 4.21. The molecule has 7 nitrogen and oxygen atoms in total. The fourth-order valence-corrected chi connectivity index (χ4v) is 3.85. The number of halogens is 1. The molecule has 9 heteroatoms. The molecule has 0 saturated heterocycles. The predicted molar refractivity (Wildman–Crippen MR) is 95.5 cm³/mol. The highest BCUT2D eigenvalue weighted by Gasteiger charge is 2.23. The molecule has 25 heavy (non-hydrogen) atoms. The van der Waals surface area contributed by atoms with Gasteiger partial charge >= 0.3 is 5.97 Å². The van der Waals surface area contributed by atoms with E-state index < -0.39 is 16.0 Å². The number of carbonyl (C=O) groups is 1. The number of fused-ring (bicyclic) bond motifs is 1. The fraction of sp³-hybridized carbons (Fsp3) is 0.312. The minimum Gasteiger partial charge on any atom is -0.464 e. The van der Waals surface area contributed by atoms with Crippen molar-refractivity contribution < 1.29 is 17.9 Å². The molecule has 1 unspecified atom stereocenters. The molecule has 0 aliphatic carbocycles. The van der Waals surface area contributed by atoms with Crippen molar-refractivity contribution in [2.75, 3.05) is 20.2 Å². The fourth-order valence-electron chi connectivity index (χ4n) is 2.81. The maximum Gasteiger partial charge on any atom is 0.354 e. The van der Waals surface area contributed by atoms with E-state index in [0.717, 1.165) is 18.5 Å². The van der Waals surface area contributed by atoms with E-state index in [1.807, 2.05) is 18.2 Å². The molecule has 0 radical (unpaired) electrons. The summed E-state index contributed by atoms with van der Waals surface area (Å²) >= 11 is 0. The van der Waals surface area contributed by atoms with Crippen LogP contribution >= 0.6 is 12.4 Å². The number of nitrogens with one attached hydrogen (secondary N) is 3. The van der Waals surface area contributed by atoms with Crippen LogP contribution in [0.3, 0.4) is 0 Å². The van der Waals surface area contributed by atoms with Crippen LogP contribution in [-0.2, 0) is 21.2 Å². The molecule has 0 fully saturated rings. The number of H-pyrrole nitrogens is 1. The topological polar surface area (TPSA) is 100 Å². The standard InChI is InChI=1S/C16H19N3O4S.ClH/c1-23-16(20)14-8-12(9-18-14)24(21,22)19-10-15-13-5-3-2-4-11(13)6-7-17-15;/h2-5,8-9,15,17-19H,6-7,10H2,1H3;1H. The molecule has 3 N–H and O–H groups in total. The Kier molecular flexibility index (Phi) is 6.23. The molecular formula is C16H20ClN3O4S. The first kappa shape index (κ1) is 19.5. The summed E-state index contributed by atoms with van der Waals surface area (Å²) in [7, 11) is -2.47. The van der Waals surface area contributed by atoms with E-state index in [1.165, 1.54) is 24.9 Å². The summed E-state index contributed by atoms with van der Waals surface area (Å²) < 4.78 is 32.0. The lowest BCUT2D eigenvalue weighted by molar-refractivity contribution is 0.0594. The smallest absolute Gasteiger partial charge is 0.354 e. The van der Waals surface area contributed by atoms with E-state index in [2.05, 4.69) is 25.8 Å². The first-order chi connectivity index (χ1) is 11.5. The number of aromatic nitrogens is 1. The highest BCUT2D eigenvalue weighted by Crippen LogP contribution is 2.22. The number of benzene rings is 1. The summed E-state index contributed by atoms with van der Waals surface area (Å²) in [5.41, 5.74) is 2.44. The highest BCUT2D eigenvalue weighted by atomic mass is 35.5. The maximum absolute atomic E-state index is 12.4. The van der Waals surface area contributed by atoms with Gasteiger partial charge in [-0.1, -0.05) is 24.3 Å². The Labute approximate surface area is 152 Å². The van der Waals surface area contributed by atoms with Gasteiger partial charge < -0.3 is 15.0 Å². The van der Waals surface area contributed by atoms with Gasteiger partial charge in [-0.15, -0.1) is 12.4 Å². The molecule has 1 aliphatic rings. The quantitative estimate of drug-likeness (QED) is 0.675. The molecule has 1 aliphatic heterocycles. The Morgan fingerprint density at radius 1 is 1.36 bits per heavy atom. The van der Waals surface area contributed by atoms with Crippen molar-refractivity contribution in [3.63, 3.8) is 0 Å². The zero-order valence-electron chi connectivity index (χ0n) is 13.6. The number of hydrogen-bond acceptors (Lipinski definition) is 5. The van der Waals surface area contributed by atoms with Crippen LogP contribution in [0.1, 0.15) is 27.7 Å². The second kappa shape index (κ2) is 8.01. The monoisotopic (exact) mass is 385 g/mol. The normalized spacial score (nSPS) is 16.6. The van der Waals surface area contributed by atoms with Crippen LogP contribution in [0.5, 0.6) is 0 Å². The van der Waals surface area contributed by atoms with Gasteiger partial charge in [0.1, 0.15) is 10.6 Å². The van der Waals surface area contributed by atoms with Gasteiger partial charge in [0.25, 0.3) is 0 Å². The molecule has 1 aromatic carbocycles. The molecule has 0 saturated carbocycles. The molecule has 0 spiro atoms. The van der Waals surface area contributed by atoms with Gasteiger partial charge in [-0.2, -0.15) is 0 Å². The van der Waals surface area contributed by atoms with Crippen LogP contribution in [0.2, 0.25) is 0 Å². The van der Waals surface area contributed by atoms with Gasteiger partial charge in [-0.3, -0.25) is 0 Å². The van der Waals surface area contributed by atoms with Crippen molar-refractivity contribution in [2.24, 2.45) is 0 Å². The average Bonchev–Trinajstić information content (AvgIpc) is 3.10. The third-order valence-corrected chi connectivity index (χ3v) is 5.47. The zero-order valence-corrected chi connectivity index (χ0v) is 15.2. The van der Waals surface area contributed by atoms with Crippen LogP contribution in [-0.4, -0.2) is 39.6 Å². The van der Waals surface area contributed by atoms with E-state index >= 15 is 0 Å². The number of rotatable bonds is 5. The van der Waals surface area contributed by atoms with Gasteiger partial charge in [0.2, 0.25) is 10.0 Å². The van der Waals surface area contributed by atoms with Crippen molar-refractivity contribution in [2.45, 2.75) is 17.4 Å². The second-order valence-corrected chi connectivity index (χ2v) is 7.32. The lowest BCUT2D eigenvalue weighted by Gasteiger charge is -2.27. The Bertz CT molecular complexity index is 851. The number of methoxy groups -OCH3 is 1. The Morgan fingerprint density at radius 3 is 2.88 bits per heavy atom. The van der Waals surface area contributed by atoms with Crippen molar-refractivity contribution >= 4 is 28.4 Å². The Hall–Kier alpha value is -1.87. The van der Waals surface area contributed by atoms with Crippen molar-refractivity contribution in [3.05, 3.63) is 53.3 Å². The molecule has 1 aromatic heterocycles. The minimum atomic E-state index is -3.71. The minimum absolute atomic E-state index is 0. The first-order valence-corrected chi connectivity index (χ1v) is 9.07. The SMILES string of the molecule is COC(=O)c1cc(S(=O)(=O)NCC2NCCc3ccccc32)c[nH]1.Cl. The van der Waals surface area contributed by atoms with Gasteiger partial charge in [-0.05, 0) is 30.2 Å². The highest BCUT2D eigenvalue weighted by molar-refractivity contribution is 7.89. The molecule has 1 atom stereocenters. The van der Waals surface area contributed by atoms with Gasteiger partial charge in [-0.25, -0.2) is 17.9 Å². The van der Waals surface area contributed by atoms with E-state index in [4.69, 9.17) is 0 Å². The summed E-state index contributed by atoms with van der Waals surface area (Å²) in [5, 5.41) is 3.32. The summed E-state index contributed by atoms with van der Waals surface area (Å²) in [6.45, 7) is 1.04. The van der Waals surface area contributed by atoms with Crippen LogP contribution in [0.25, 0.3) is 0 Å². The van der Waals surface area contributed by atoms with Crippen molar-refractivity contribution in [1.82, 2.24) is 15.0 Å². The summed E-state index contributed by atoms with van der Waals surface area (Å²) in [6, 6.07) is 9.18. The summed E-state index contributed by atoms with van der Waals surface area (Å²) in [4.78, 5) is 14.0. The van der Waals surface area contributed by atoms with Crippen LogP contribution in [0.4, 0.5) is 0 Å². The van der Waals surface area contributed by atoms with Crippen molar-refractivity contribution in [3.8, 4) is 0 Å². The first-order valence-electron chi connectivity index (χ1n) is 7.59. The third-order valence-electron chi connectivity index (χ3n) is 4.07. The van der Waals surface area contributed by atoms with Crippen LogP contribution in [0, 0.1) is 0 Å². The van der Waals surface area contributed by atoms with Gasteiger partial charge in [0.05, 0.1) is 7.11 Å². The number of esters is 1. The number of sulfonamides is 1. The lowest BCUT2D eigenvalue weighted by atomic mass is 9.95. The largest absolute Gasteiger partial charge is 0.464 e. The van der Waals surface area contributed by atoms with Crippen molar-refractivity contribution in [1.29, 1.82) is 0 Å². The number of aromatic amines is 1.